The highest BCUT2D eigenvalue weighted by molar-refractivity contribution is 5.40. The van der Waals surface area contributed by atoms with Crippen LogP contribution in [0.3, 0.4) is 0 Å². The molecule has 0 atom stereocenters. The zero-order valence-electron chi connectivity index (χ0n) is 10.6. The Morgan fingerprint density at radius 2 is 1.68 bits per heavy atom. The predicted octanol–water partition coefficient (Wildman–Crippen LogP) is 3.11. The maximum atomic E-state index is 12.3. The minimum Gasteiger partial charge on any atom is -0.484 e. The minimum absolute atomic E-state index is 0.129. The Morgan fingerprint density at radius 3 is 2.26 bits per heavy atom. The number of para-hydroxylation sites is 2. The molecule has 19 heavy (non-hydrogen) atoms. The number of alkyl halides is 3. The lowest BCUT2D eigenvalue weighted by Gasteiger charge is -2.35. The molecule has 1 aromatic rings. The Hall–Kier alpha value is -1.43. The third-order valence-corrected chi connectivity index (χ3v) is 3.09. The fourth-order valence-electron chi connectivity index (χ4n) is 2.07. The summed E-state index contributed by atoms with van der Waals surface area (Å²) in [7, 11) is 0. The molecular formula is C13H16F3NO2. The first-order valence-electron chi connectivity index (χ1n) is 6.13. The molecule has 1 saturated heterocycles. The van der Waals surface area contributed by atoms with Gasteiger partial charge in [0, 0.05) is 0 Å². The largest absolute Gasteiger partial charge is 0.573 e. The summed E-state index contributed by atoms with van der Waals surface area (Å²) < 4.78 is 46.7. The van der Waals surface area contributed by atoms with Crippen molar-refractivity contribution in [3.63, 3.8) is 0 Å². The van der Waals surface area contributed by atoms with Crippen LogP contribution in [0.4, 0.5) is 13.2 Å². The normalized spacial score (nSPS) is 18.9. The van der Waals surface area contributed by atoms with Crippen molar-refractivity contribution in [1.29, 1.82) is 0 Å². The quantitative estimate of drug-likeness (QED) is 0.919. The van der Waals surface area contributed by atoms with E-state index in [4.69, 9.17) is 4.74 Å². The number of ether oxygens (including phenoxy) is 2. The van der Waals surface area contributed by atoms with Gasteiger partial charge in [0.1, 0.15) is 5.60 Å². The van der Waals surface area contributed by atoms with E-state index in [1.807, 2.05) is 6.92 Å². The van der Waals surface area contributed by atoms with E-state index in [2.05, 4.69) is 10.1 Å². The molecular weight excluding hydrogens is 259 g/mol. The molecule has 1 fully saturated rings. The molecule has 0 saturated carbocycles. The Kier molecular flexibility index (Phi) is 3.89. The SMILES string of the molecule is CC1(Oc2ccccc2OC(F)(F)F)CCNCC1. The van der Waals surface area contributed by atoms with Crippen LogP contribution in [0.15, 0.2) is 24.3 Å². The van der Waals surface area contributed by atoms with Crippen molar-refractivity contribution in [3.05, 3.63) is 24.3 Å². The molecule has 0 amide bonds. The summed E-state index contributed by atoms with van der Waals surface area (Å²) in [4.78, 5) is 0. The Morgan fingerprint density at radius 1 is 1.11 bits per heavy atom. The average Bonchev–Trinajstić information content (AvgIpc) is 2.30. The summed E-state index contributed by atoms with van der Waals surface area (Å²) in [5.41, 5.74) is -0.462. The molecule has 0 bridgehead atoms. The Balaban J connectivity index is 2.15. The molecule has 0 aromatic heterocycles. The van der Waals surface area contributed by atoms with Crippen molar-refractivity contribution in [3.8, 4) is 11.5 Å². The summed E-state index contributed by atoms with van der Waals surface area (Å²) in [5, 5.41) is 3.19. The van der Waals surface area contributed by atoms with E-state index in [0.717, 1.165) is 25.9 Å². The van der Waals surface area contributed by atoms with E-state index in [1.165, 1.54) is 18.2 Å². The molecule has 0 unspecified atom stereocenters. The van der Waals surface area contributed by atoms with Crippen molar-refractivity contribution >= 4 is 0 Å². The molecule has 0 aliphatic carbocycles. The summed E-state index contributed by atoms with van der Waals surface area (Å²) in [5.74, 6) is -0.168. The topological polar surface area (TPSA) is 30.5 Å². The van der Waals surface area contributed by atoms with Crippen molar-refractivity contribution < 1.29 is 22.6 Å². The van der Waals surface area contributed by atoms with Crippen LogP contribution in [-0.4, -0.2) is 25.1 Å². The molecule has 1 aromatic carbocycles. The molecule has 2 rings (SSSR count). The molecule has 3 nitrogen and oxygen atoms in total. The fourth-order valence-corrected chi connectivity index (χ4v) is 2.07. The summed E-state index contributed by atoms with van der Waals surface area (Å²) in [6.45, 7) is 3.48. The van der Waals surface area contributed by atoms with Crippen LogP contribution in [0.2, 0.25) is 0 Å². The van der Waals surface area contributed by atoms with E-state index >= 15 is 0 Å². The van der Waals surface area contributed by atoms with Crippen molar-refractivity contribution in [2.24, 2.45) is 0 Å². The van der Waals surface area contributed by atoms with Crippen LogP contribution in [-0.2, 0) is 0 Å². The van der Waals surface area contributed by atoms with Gasteiger partial charge in [-0.05, 0) is 45.0 Å². The van der Waals surface area contributed by atoms with Gasteiger partial charge in [0.05, 0.1) is 0 Å². The number of piperidine rings is 1. The number of rotatable bonds is 3. The summed E-state index contributed by atoms with van der Waals surface area (Å²) >= 11 is 0. The van der Waals surface area contributed by atoms with Crippen LogP contribution in [0, 0.1) is 0 Å². The van der Waals surface area contributed by atoms with Gasteiger partial charge in [-0.15, -0.1) is 13.2 Å². The van der Waals surface area contributed by atoms with Crippen LogP contribution < -0.4 is 14.8 Å². The van der Waals surface area contributed by atoms with Gasteiger partial charge in [-0.3, -0.25) is 0 Å². The first-order valence-corrected chi connectivity index (χ1v) is 6.13. The van der Waals surface area contributed by atoms with Gasteiger partial charge in [0.2, 0.25) is 0 Å². The number of hydrogen-bond donors (Lipinski definition) is 1. The first-order chi connectivity index (χ1) is 8.88. The lowest BCUT2D eigenvalue weighted by atomic mass is 9.94. The van der Waals surface area contributed by atoms with Gasteiger partial charge in [-0.2, -0.15) is 0 Å². The monoisotopic (exact) mass is 275 g/mol. The fraction of sp³-hybridized carbons (Fsp3) is 0.538. The highest BCUT2D eigenvalue weighted by Crippen LogP contribution is 2.35. The predicted molar refractivity (Wildman–Crippen MR) is 64.3 cm³/mol. The molecule has 0 spiro atoms. The second-order valence-corrected chi connectivity index (χ2v) is 4.80. The van der Waals surface area contributed by atoms with E-state index in [9.17, 15) is 13.2 Å². The molecule has 1 aliphatic heterocycles. The van der Waals surface area contributed by atoms with Crippen LogP contribution in [0.1, 0.15) is 19.8 Å². The van der Waals surface area contributed by atoms with Gasteiger partial charge >= 0.3 is 6.36 Å². The Bertz CT molecular complexity index is 428. The van der Waals surface area contributed by atoms with E-state index < -0.39 is 12.0 Å². The lowest BCUT2D eigenvalue weighted by molar-refractivity contribution is -0.275. The zero-order chi connectivity index (χ0) is 13.9. The highest BCUT2D eigenvalue weighted by atomic mass is 19.4. The second kappa shape index (κ2) is 5.28. The maximum Gasteiger partial charge on any atom is 0.573 e. The molecule has 1 aliphatic rings. The number of benzene rings is 1. The van der Waals surface area contributed by atoms with Gasteiger partial charge in [-0.1, -0.05) is 12.1 Å². The number of halogens is 3. The molecule has 6 heteroatoms. The molecule has 1 heterocycles. The maximum absolute atomic E-state index is 12.3. The van der Waals surface area contributed by atoms with E-state index in [0.29, 0.717) is 0 Å². The van der Waals surface area contributed by atoms with Crippen molar-refractivity contribution in [1.82, 2.24) is 5.32 Å². The first kappa shape index (κ1) is 14.0. The van der Waals surface area contributed by atoms with E-state index in [1.54, 1.807) is 6.07 Å². The zero-order valence-corrected chi connectivity index (χ0v) is 10.6. The molecule has 0 radical (unpaired) electrons. The Labute approximate surface area is 109 Å². The van der Waals surface area contributed by atoms with Crippen molar-refractivity contribution in [2.45, 2.75) is 31.7 Å². The molecule has 1 N–H and O–H groups in total. The van der Waals surface area contributed by atoms with Crippen LogP contribution in [0.5, 0.6) is 11.5 Å². The van der Waals surface area contributed by atoms with Crippen LogP contribution >= 0.6 is 0 Å². The smallest absolute Gasteiger partial charge is 0.484 e. The second-order valence-electron chi connectivity index (χ2n) is 4.80. The van der Waals surface area contributed by atoms with Crippen molar-refractivity contribution in [2.75, 3.05) is 13.1 Å². The van der Waals surface area contributed by atoms with E-state index in [-0.39, 0.29) is 11.5 Å². The summed E-state index contributed by atoms with van der Waals surface area (Å²) in [6.07, 6.45) is -3.23. The van der Waals surface area contributed by atoms with Gasteiger partial charge in [-0.25, -0.2) is 0 Å². The summed E-state index contributed by atoms with van der Waals surface area (Å²) in [6, 6.07) is 5.86. The average molecular weight is 275 g/mol. The van der Waals surface area contributed by atoms with Gasteiger partial charge in [0.25, 0.3) is 0 Å². The standard InChI is InChI=1S/C13H16F3NO2/c1-12(6-8-17-9-7-12)18-10-4-2-3-5-11(10)19-13(14,15)16/h2-5,17H,6-9H2,1H3. The van der Waals surface area contributed by atoms with Gasteiger partial charge < -0.3 is 14.8 Å². The highest BCUT2D eigenvalue weighted by Gasteiger charge is 2.34. The van der Waals surface area contributed by atoms with Gasteiger partial charge in [0.15, 0.2) is 11.5 Å². The minimum atomic E-state index is -4.71. The van der Waals surface area contributed by atoms with Crippen LogP contribution in [0.25, 0.3) is 0 Å². The third-order valence-electron chi connectivity index (χ3n) is 3.09. The third kappa shape index (κ3) is 4.02. The number of nitrogens with one attached hydrogen (secondary N) is 1. The molecule has 106 valence electrons. The lowest BCUT2D eigenvalue weighted by Crippen LogP contribution is -2.43. The number of hydrogen-bond acceptors (Lipinski definition) is 3.